The highest BCUT2D eigenvalue weighted by Gasteiger charge is 2.34. The number of pyridine rings is 1. The molecule has 1 aromatic heterocycles. The van der Waals surface area contributed by atoms with Gasteiger partial charge in [0.1, 0.15) is 5.75 Å². The molecule has 0 unspecified atom stereocenters. The van der Waals surface area contributed by atoms with Crippen molar-refractivity contribution in [1.29, 1.82) is 0 Å². The molecule has 3 aromatic rings. The zero-order valence-corrected chi connectivity index (χ0v) is 15.6. The van der Waals surface area contributed by atoms with Crippen LogP contribution in [0.5, 0.6) is 5.75 Å². The predicted molar refractivity (Wildman–Crippen MR) is 102 cm³/mol. The topological polar surface area (TPSA) is 53.4 Å². The lowest BCUT2D eigenvalue weighted by atomic mass is 10.1. The van der Waals surface area contributed by atoms with E-state index in [1.807, 2.05) is 31.2 Å². The van der Waals surface area contributed by atoms with Crippen LogP contribution in [0.1, 0.15) is 32.7 Å². The molecule has 1 N–H and O–H groups in total. The molecule has 3 rings (SSSR count). The number of carbonyl (C=O) groups is 1. The minimum absolute atomic E-state index is 0.0286. The van der Waals surface area contributed by atoms with Crippen LogP contribution in [0.3, 0.4) is 0 Å². The van der Waals surface area contributed by atoms with E-state index in [2.05, 4.69) is 4.98 Å². The lowest BCUT2D eigenvalue weighted by Gasteiger charge is -2.23. The standard InChI is InChI=1S/C22H19F3N2O2/c1-15-5-4-6-16(11-15)13-27(14-18-7-2-3-10-26-18)21(29)17-8-9-19(20(28)12-17)22(23,24)25/h2-12,28H,13-14H2,1H3. The minimum Gasteiger partial charge on any atom is -0.507 e. The number of nitrogens with zero attached hydrogens (tertiary/aromatic N) is 2. The average molecular weight is 400 g/mol. The first-order valence-corrected chi connectivity index (χ1v) is 8.89. The van der Waals surface area contributed by atoms with Gasteiger partial charge in [-0.05, 0) is 42.8 Å². The predicted octanol–water partition coefficient (Wildman–Crippen LogP) is 4.96. The summed E-state index contributed by atoms with van der Waals surface area (Å²) in [7, 11) is 0. The molecule has 29 heavy (non-hydrogen) atoms. The van der Waals surface area contributed by atoms with Crippen molar-refractivity contribution in [3.8, 4) is 5.75 Å². The molecule has 0 aliphatic carbocycles. The van der Waals surface area contributed by atoms with Crippen molar-refractivity contribution in [2.45, 2.75) is 26.2 Å². The van der Waals surface area contributed by atoms with Crippen molar-refractivity contribution in [3.05, 3.63) is 94.8 Å². The monoisotopic (exact) mass is 400 g/mol. The molecule has 0 saturated heterocycles. The Morgan fingerprint density at radius 1 is 1.03 bits per heavy atom. The number of halogens is 3. The van der Waals surface area contributed by atoms with Crippen LogP contribution in [-0.4, -0.2) is 20.9 Å². The van der Waals surface area contributed by atoms with E-state index < -0.39 is 23.4 Å². The number of amides is 1. The molecule has 1 heterocycles. The van der Waals surface area contributed by atoms with E-state index in [1.165, 1.54) is 4.90 Å². The third kappa shape index (κ3) is 5.13. The van der Waals surface area contributed by atoms with Gasteiger partial charge in [0.05, 0.1) is 17.8 Å². The number of phenols is 1. The van der Waals surface area contributed by atoms with Crippen LogP contribution in [0.2, 0.25) is 0 Å². The second-order valence-corrected chi connectivity index (χ2v) is 6.70. The molecule has 0 aliphatic heterocycles. The second-order valence-electron chi connectivity index (χ2n) is 6.70. The van der Waals surface area contributed by atoms with Gasteiger partial charge >= 0.3 is 6.18 Å². The van der Waals surface area contributed by atoms with Crippen LogP contribution in [0, 0.1) is 6.92 Å². The highest BCUT2D eigenvalue weighted by atomic mass is 19.4. The van der Waals surface area contributed by atoms with Gasteiger partial charge in [-0.3, -0.25) is 9.78 Å². The lowest BCUT2D eigenvalue weighted by molar-refractivity contribution is -0.138. The van der Waals surface area contributed by atoms with Gasteiger partial charge in [0.15, 0.2) is 0 Å². The Bertz CT molecular complexity index is 1000. The number of hydrogen-bond acceptors (Lipinski definition) is 3. The summed E-state index contributed by atoms with van der Waals surface area (Å²) in [6.45, 7) is 2.36. The van der Waals surface area contributed by atoms with E-state index in [9.17, 15) is 23.1 Å². The fraction of sp³-hybridized carbons (Fsp3) is 0.182. The lowest BCUT2D eigenvalue weighted by Crippen LogP contribution is -2.30. The van der Waals surface area contributed by atoms with Gasteiger partial charge in [0, 0.05) is 18.3 Å². The van der Waals surface area contributed by atoms with E-state index in [1.54, 1.807) is 24.4 Å². The summed E-state index contributed by atoms with van der Waals surface area (Å²) in [5, 5.41) is 9.77. The fourth-order valence-electron chi connectivity index (χ4n) is 3.00. The number of hydrogen-bond donors (Lipinski definition) is 1. The number of rotatable bonds is 5. The molecule has 0 fully saturated rings. The van der Waals surface area contributed by atoms with Gasteiger partial charge in [-0.25, -0.2) is 0 Å². The second kappa shape index (κ2) is 8.34. The highest BCUT2D eigenvalue weighted by molar-refractivity contribution is 5.94. The molecule has 150 valence electrons. The summed E-state index contributed by atoms with van der Waals surface area (Å²) >= 11 is 0. The van der Waals surface area contributed by atoms with Crippen molar-refractivity contribution in [3.63, 3.8) is 0 Å². The molecule has 0 radical (unpaired) electrons. The van der Waals surface area contributed by atoms with Gasteiger partial charge in [-0.2, -0.15) is 13.2 Å². The summed E-state index contributed by atoms with van der Waals surface area (Å²) in [5.41, 5.74) is 1.35. The number of phenolic OH excluding ortho intramolecular Hbond substituents is 1. The van der Waals surface area contributed by atoms with E-state index in [0.29, 0.717) is 11.8 Å². The number of aromatic nitrogens is 1. The van der Waals surface area contributed by atoms with E-state index in [0.717, 1.165) is 23.3 Å². The van der Waals surface area contributed by atoms with Crippen molar-refractivity contribution >= 4 is 5.91 Å². The Kier molecular flexibility index (Phi) is 5.87. The first kappa shape index (κ1) is 20.4. The number of aromatic hydroxyl groups is 1. The van der Waals surface area contributed by atoms with Crippen LogP contribution in [0.25, 0.3) is 0 Å². The minimum atomic E-state index is -4.69. The van der Waals surface area contributed by atoms with Gasteiger partial charge in [0.25, 0.3) is 5.91 Å². The van der Waals surface area contributed by atoms with Crippen LogP contribution in [-0.2, 0) is 19.3 Å². The molecule has 7 heteroatoms. The van der Waals surface area contributed by atoms with Gasteiger partial charge in [-0.1, -0.05) is 35.9 Å². The quantitative estimate of drug-likeness (QED) is 0.659. The molecule has 1 amide bonds. The molecule has 0 bridgehead atoms. The summed E-state index contributed by atoms with van der Waals surface area (Å²) in [4.78, 5) is 18.8. The van der Waals surface area contributed by atoms with Crippen molar-refractivity contribution in [1.82, 2.24) is 9.88 Å². The summed E-state index contributed by atoms with van der Waals surface area (Å²) in [6.07, 6.45) is -3.09. The Labute approximate surface area is 166 Å². The molecule has 0 saturated carbocycles. The third-order valence-corrected chi connectivity index (χ3v) is 4.37. The van der Waals surface area contributed by atoms with Crippen LogP contribution in [0.4, 0.5) is 13.2 Å². The highest BCUT2D eigenvalue weighted by Crippen LogP contribution is 2.36. The van der Waals surface area contributed by atoms with E-state index >= 15 is 0 Å². The third-order valence-electron chi connectivity index (χ3n) is 4.37. The summed E-state index contributed by atoms with van der Waals surface area (Å²) in [5.74, 6) is -1.47. The van der Waals surface area contributed by atoms with Crippen molar-refractivity contribution in [2.75, 3.05) is 0 Å². The summed E-state index contributed by atoms with van der Waals surface area (Å²) < 4.78 is 38.7. The zero-order chi connectivity index (χ0) is 21.0. The van der Waals surface area contributed by atoms with Crippen LogP contribution in [0.15, 0.2) is 66.9 Å². The Morgan fingerprint density at radius 2 is 1.83 bits per heavy atom. The van der Waals surface area contributed by atoms with Crippen molar-refractivity contribution < 1.29 is 23.1 Å². The normalized spacial score (nSPS) is 11.3. The Hall–Kier alpha value is -3.35. The number of alkyl halides is 3. The van der Waals surface area contributed by atoms with Crippen LogP contribution >= 0.6 is 0 Å². The maximum atomic E-state index is 13.1. The Balaban J connectivity index is 1.92. The van der Waals surface area contributed by atoms with E-state index in [-0.39, 0.29) is 18.7 Å². The SMILES string of the molecule is Cc1cccc(CN(Cc2ccccn2)C(=O)c2ccc(C(F)(F)F)c(O)c2)c1. The molecule has 0 atom stereocenters. The maximum Gasteiger partial charge on any atom is 0.419 e. The van der Waals surface area contributed by atoms with Crippen molar-refractivity contribution in [2.24, 2.45) is 0 Å². The van der Waals surface area contributed by atoms with E-state index in [4.69, 9.17) is 0 Å². The smallest absolute Gasteiger partial charge is 0.419 e. The average Bonchev–Trinajstić information content (AvgIpc) is 2.66. The maximum absolute atomic E-state index is 13.1. The molecular formula is C22H19F3N2O2. The van der Waals surface area contributed by atoms with Gasteiger partial charge in [-0.15, -0.1) is 0 Å². The number of aryl methyl sites for hydroxylation is 1. The first-order chi connectivity index (χ1) is 13.7. The first-order valence-electron chi connectivity index (χ1n) is 8.89. The zero-order valence-electron chi connectivity index (χ0n) is 15.6. The largest absolute Gasteiger partial charge is 0.507 e. The molecule has 0 aliphatic rings. The molecule has 0 spiro atoms. The molecular weight excluding hydrogens is 381 g/mol. The fourth-order valence-corrected chi connectivity index (χ4v) is 3.00. The number of benzene rings is 2. The van der Waals surface area contributed by atoms with Gasteiger partial charge < -0.3 is 10.0 Å². The van der Waals surface area contributed by atoms with Gasteiger partial charge in [0.2, 0.25) is 0 Å². The molecule has 2 aromatic carbocycles. The summed E-state index contributed by atoms with van der Waals surface area (Å²) in [6, 6.07) is 15.6. The Morgan fingerprint density at radius 3 is 2.45 bits per heavy atom. The number of carbonyl (C=O) groups excluding carboxylic acids is 1. The molecule has 4 nitrogen and oxygen atoms in total. The van der Waals surface area contributed by atoms with Crippen LogP contribution < -0.4 is 0 Å².